The monoisotopic (exact) mass is 344 g/mol. The van der Waals surface area contributed by atoms with Crippen molar-refractivity contribution in [3.05, 3.63) is 34.1 Å². The number of amides is 1. The van der Waals surface area contributed by atoms with E-state index < -0.39 is 0 Å². The molecule has 21 heavy (non-hydrogen) atoms. The van der Waals surface area contributed by atoms with Gasteiger partial charge in [0.25, 0.3) is 0 Å². The summed E-state index contributed by atoms with van der Waals surface area (Å²) in [6.45, 7) is 3.65. The Kier molecular flexibility index (Phi) is 5.13. The second-order valence-electron chi connectivity index (χ2n) is 4.46. The normalized spacial score (nSPS) is 12.2. The third-order valence-electron chi connectivity index (χ3n) is 2.89. The number of aromatic nitrogens is 3. The number of carbonyl (C=O) groups is 1. The molecule has 112 valence electrons. The van der Waals surface area contributed by atoms with Gasteiger partial charge in [0.2, 0.25) is 5.91 Å². The van der Waals surface area contributed by atoms with Crippen molar-refractivity contribution < 1.29 is 4.79 Å². The molecule has 1 atom stereocenters. The number of aryl methyl sites for hydroxylation is 1. The minimum atomic E-state index is -0.345. The maximum absolute atomic E-state index is 12.2. The van der Waals surface area contributed by atoms with E-state index in [0.717, 1.165) is 5.82 Å². The fraction of sp³-hybridized carbons (Fsp3) is 0.308. The molecule has 1 aromatic heterocycles. The molecule has 1 heterocycles. The first-order chi connectivity index (χ1) is 9.88. The standard InChI is InChI=1S/C13H14Cl2N4OS/c1-7(21-13-18-17-8(2)19(13)3)12(20)16-11-6-9(14)4-5-10(11)15/h4-7H,1-3H3,(H,16,20)/t7-/m1/s1. The van der Waals surface area contributed by atoms with Crippen molar-refractivity contribution >= 4 is 46.6 Å². The van der Waals surface area contributed by atoms with Gasteiger partial charge in [0.1, 0.15) is 5.82 Å². The van der Waals surface area contributed by atoms with Gasteiger partial charge in [-0.1, -0.05) is 35.0 Å². The SMILES string of the molecule is Cc1nnc(S[C@H](C)C(=O)Nc2cc(Cl)ccc2Cl)n1C. The summed E-state index contributed by atoms with van der Waals surface area (Å²) in [6, 6.07) is 4.93. The molecule has 0 aliphatic carbocycles. The van der Waals surface area contributed by atoms with Crippen molar-refractivity contribution in [3.8, 4) is 0 Å². The molecule has 1 aromatic carbocycles. The Hall–Kier alpha value is -1.24. The summed E-state index contributed by atoms with van der Waals surface area (Å²) in [6.07, 6.45) is 0. The minimum absolute atomic E-state index is 0.176. The Balaban J connectivity index is 2.06. The Morgan fingerprint density at radius 1 is 1.38 bits per heavy atom. The molecule has 2 aromatic rings. The van der Waals surface area contributed by atoms with Crippen molar-refractivity contribution in [2.45, 2.75) is 24.3 Å². The Bertz CT molecular complexity index is 674. The largest absolute Gasteiger partial charge is 0.324 e. The van der Waals surface area contributed by atoms with E-state index in [2.05, 4.69) is 15.5 Å². The summed E-state index contributed by atoms with van der Waals surface area (Å²) >= 11 is 13.3. The van der Waals surface area contributed by atoms with Gasteiger partial charge in [-0.2, -0.15) is 0 Å². The van der Waals surface area contributed by atoms with E-state index in [4.69, 9.17) is 23.2 Å². The third-order valence-corrected chi connectivity index (χ3v) is 4.59. The molecular weight excluding hydrogens is 331 g/mol. The summed E-state index contributed by atoms with van der Waals surface area (Å²) in [5.41, 5.74) is 0.496. The fourth-order valence-corrected chi connectivity index (χ4v) is 2.73. The van der Waals surface area contributed by atoms with E-state index in [1.54, 1.807) is 25.1 Å². The highest BCUT2D eigenvalue weighted by atomic mass is 35.5. The summed E-state index contributed by atoms with van der Waals surface area (Å²) in [5.74, 6) is 0.618. The predicted octanol–water partition coefficient (Wildman–Crippen LogP) is 3.55. The molecule has 0 radical (unpaired) electrons. The van der Waals surface area contributed by atoms with Gasteiger partial charge < -0.3 is 9.88 Å². The van der Waals surface area contributed by atoms with Crippen molar-refractivity contribution in [2.24, 2.45) is 7.05 Å². The predicted molar refractivity (Wildman–Crippen MR) is 86.2 cm³/mol. The second kappa shape index (κ2) is 6.68. The van der Waals surface area contributed by atoms with Crippen LogP contribution in [0.1, 0.15) is 12.7 Å². The molecule has 1 amide bonds. The number of nitrogens with one attached hydrogen (secondary N) is 1. The zero-order chi connectivity index (χ0) is 15.6. The number of benzene rings is 1. The number of hydrogen-bond acceptors (Lipinski definition) is 4. The number of thioether (sulfide) groups is 1. The summed E-state index contributed by atoms with van der Waals surface area (Å²) in [5, 5.41) is 12.0. The van der Waals surface area contributed by atoms with Gasteiger partial charge in [-0.15, -0.1) is 10.2 Å². The van der Waals surface area contributed by atoms with E-state index in [9.17, 15) is 4.79 Å². The van der Waals surface area contributed by atoms with Crippen LogP contribution < -0.4 is 5.32 Å². The van der Waals surface area contributed by atoms with Crippen LogP contribution in [0.5, 0.6) is 0 Å². The highest BCUT2D eigenvalue weighted by molar-refractivity contribution is 8.00. The molecule has 0 saturated heterocycles. The van der Waals surface area contributed by atoms with Crippen LogP contribution in [0.3, 0.4) is 0 Å². The number of rotatable bonds is 4. The minimum Gasteiger partial charge on any atom is -0.324 e. The van der Waals surface area contributed by atoms with Crippen molar-refractivity contribution in [2.75, 3.05) is 5.32 Å². The summed E-state index contributed by atoms with van der Waals surface area (Å²) in [7, 11) is 1.86. The highest BCUT2D eigenvalue weighted by Gasteiger charge is 2.19. The molecule has 1 N–H and O–H groups in total. The zero-order valence-corrected chi connectivity index (χ0v) is 14.1. The Morgan fingerprint density at radius 3 is 2.71 bits per heavy atom. The molecule has 0 saturated carbocycles. The molecular formula is C13H14Cl2N4OS. The lowest BCUT2D eigenvalue weighted by Crippen LogP contribution is -2.23. The molecule has 0 fully saturated rings. The van der Waals surface area contributed by atoms with E-state index in [0.29, 0.717) is 20.9 Å². The number of anilines is 1. The molecule has 0 spiro atoms. The van der Waals surface area contributed by atoms with Gasteiger partial charge in [0.05, 0.1) is 16.0 Å². The molecule has 2 rings (SSSR count). The molecule has 0 unspecified atom stereocenters. The van der Waals surface area contributed by atoms with E-state index in [1.165, 1.54) is 11.8 Å². The van der Waals surface area contributed by atoms with Crippen molar-refractivity contribution in [3.63, 3.8) is 0 Å². The van der Waals surface area contributed by atoms with Crippen LogP contribution in [0.15, 0.2) is 23.4 Å². The maximum Gasteiger partial charge on any atom is 0.237 e. The second-order valence-corrected chi connectivity index (χ2v) is 6.61. The van der Waals surface area contributed by atoms with Gasteiger partial charge in [-0.05, 0) is 32.0 Å². The van der Waals surface area contributed by atoms with Crippen LogP contribution >= 0.6 is 35.0 Å². The zero-order valence-electron chi connectivity index (χ0n) is 11.7. The van der Waals surface area contributed by atoms with Crippen LogP contribution in [-0.4, -0.2) is 25.9 Å². The average Bonchev–Trinajstić information content (AvgIpc) is 2.74. The smallest absolute Gasteiger partial charge is 0.237 e. The third kappa shape index (κ3) is 3.90. The van der Waals surface area contributed by atoms with E-state index >= 15 is 0 Å². The first-order valence-corrected chi connectivity index (χ1v) is 7.80. The molecule has 0 aliphatic heterocycles. The lowest BCUT2D eigenvalue weighted by molar-refractivity contribution is -0.115. The van der Waals surface area contributed by atoms with E-state index in [1.807, 2.05) is 18.5 Å². The van der Waals surface area contributed by atoms with Crippen molar-refractivity contribution in [1.29, 1.82) is 0 Å². The van der Waals surface area contributed by atoms with Crippen LogP contribution in [0.4, 0.5) is 5.69 Å². The lowest BCUT2D eigenvalue weighted by Gasteiger charge is -2.12. The van der Waals surface area contributed by atoms with Gasteiger partial charge in [-0.25, -0.2) is 0 Å². The molecule has 0 bridgehead atoms. The summed E-state index contributed by atoms with van der Waals surface area (Å²) < 4.78 is 1.83. The number of halogens is 2. The molecule has 8 heteroatoms. The van der Waals surface area contributed by atoms with Gasteiger partial charge >= 0.3 is 0 Å². The fourth-order valence-electron chi connectivity index (χ4n) is 1.53. The summed E-state index contributed by atoms with van der Waals surface area (Å²) in [4.78, 5) is 12.2. The highest BCUT2D eigenvalue weighted by Crippen LogP contribution is 2.27. The van der Waals surface area contributed by atoms with Gasteiger partial charge in [0.15, 0.2) is 5.16 Å². The van der Waals surface area contributed by atoms with E-state index in [-0.39, 0.29) is 11.2 Å². The first-order valence-electron chi connectivity index (χ1n) is 6.17. The molecule has 5 nitrogen and oxygen atoms in total. The Labute approximate surface area is 137 Å². The van der Waals surface area contributed by atoms with Crippen LogP contribution in [0, 0.1) is 6.92 Å². The van der Waals surface area contributed by atoms with Crippen LogP contribution in [0.25, 0.3) is 0 Å². The number of hydrogen-bond donors (Lipinski definition) is 1. The first kappa shape index (κ1) is 16.1. The topological polar surface area (TPSA) is 59.8 Å². The number of nitrogens with zero attached hydrogens (tertiary/aromatic N) is 3. The van der Waals surface area contributed by atoms with Crippen LogP contribution in [-0.2, 0) is 11.8 Å². The van der Waals surface area contributed by atoms with Crippen LogP contribution in [0.2, 0.25) is 10.0 Å². The van der Waals surface area contributed by atoms with Crippen molar-refractivity contribution in [1.82, 2.24) is 14.8 Å². The lowest BCUT2D eigenvalue weighted by atomic mass is 10.3. The quantitative estimate of drug-likeness (QED) is 0.861. The average molecular weight is 345 g/mol. The number of carbonyl (C=O) groups excluding carboxylic acids is 1. The maximum atomic E-state index is 12.2. The Morgan fingerprint density at radius 2 is 2.10 bits per heavy atom. The molecule has 0 aliphatic rings. The van der Waals surface area contributed by atoms with Gasteiger partial charge in [0, 0.05) is 12.1 Å². The van der Waals surface area contributed by atoms with Gasteiger partial charge in [-0.3, -0.25) is 4.79 Å².